The summed E-state index contributed by atoms with van der Waals surface area (Å²) in [5.41, 5.74) is 6.75. The van der Waals surface area contributed by atoms with Gasteiger partial charge in [-0.2, -0.15) is 14.6 Å². The molecule has 2 heterocycles. The molecule has 102 valence electrons. The monoisotopic (exact) mass is 290 g/mol. The van der Waals surface area contributed by atoms with E-state index in [1.54, 1.807) is 12.1 Å². The zero-order valence-electron chi connectivity index (χ0n) is 10.4. The van der Waals surface area contributed by atoms with E-state index in [1.807, 2.05) is 6.92 Å². The first-order chi connectivity index (χ1) is 9.50. The Balaban J connectivity index is 2.23. The van der Waals surface area contributed by atoms with Crippen LogP contribution in [0.3, 0.4) is 0 Å². The van der Waals surface area contributed by atoms with Gasteiger partial charge in [-0.1, -0.05) is 17.7 Å². The van der Waals surface area contributed by atoms with Crippen molar-refractivity contribution in [2.24, 2.45) is 0 Å². The molecule has 3 aromatic rings. The Kier molecular flexibility index (Phi) is 2.64. The lowest BCUT2D eigenvalue weighted by atomic mass is 10.2. The second-order valence-electron chi connectivity index (χ2n) is 4.18. The minimum absolute atomic E-state index is 0.101. The summed E-state index contributed by atoms with van der Waals surface area (Å²) in [5, 5.41) is 10.8. The van der Waals surface area contributed by atoms with Gasteiger partial charge < -0.3 is 5.73 Å². The van der Waals surface area contributed by atoms with Crippen molar-refractivity contribution >= 4 is 21.4 Å². The standard InChI is InChI=1S/C11H10N6O2S/c1-7-2-4-8(5-3-7)20(18,19)10-9(12)17-11(16-15-10)13-6-14-17/h2-6H,12H2,1H3. The van der Waals surface area contributed by atoms with Crippen LogP contribution in [0, 0.1) is 6.92 Å². The Morgan fingerprint density at radius 3 is 2.55 bits per heavy atom. The number of benzene rings is 1. The van der Waals surface area contributed by atoms with Crippen molar-refractivity contribution in [3.63, 3.8) is 0 Å². The SMILES string of the molecule is Cc1ccc(S(=O)(=O)c2nnc3ncnn3c2N)cc1. The average molecular weight is 290 g/mol. The van der Waals surface area contributed by atoms with E-state index in [-0.39, 0.29) is 21.5 Å². The van der Waals surface area contributed by atoms with Crippen molar-refractivity contribution in [3.8, 4) is 0 Å². The lowest BCUT2D eigenvalue weighted by Gasteiger charge is -2.06. The van der Waals surface area contributed by atoms with Gasteiger partial charge in [-0.25, -0.2) is 8.42 Å². The molecule has 0 atom stereocenters. The molecule has 9 heteroatoms. The van der Waals surface area contributed by atoms with Crippen LogP contribution in [0.1, 0.15) is 5.56 Å². The predicted molar refractivity (Wildman–Crippen MR) is 69.6 cm³/mol. The molecule has 0 aliphatic rings. The Hall–Kier alpha value is -2.55. The molecule has 0 saturated carbocycles. The van der Waals surface area contributed by atoms with Crippen LogP contribution in [0.4, 0.5) is 5.82 Å². The van der Waals surface area contributed by atoms with Gasteiger partial charge in [-0.15, -0.1) is 10.2 Å². The third-order valence-electron chi connectivity index (χ3n) is 2.79. The molecule has 20 heavy (non-hydrogen) atoms. The number of aromatic nitrogens is 5. The van der Waals surface area contributed by atoms with Crippen LogP contribution in [0.5, 0.6) is 0 Å². The van der Waals surface area contributed by atoms with Crippen molar-refractivity contribution in [3.05, 3.63) is 36.2 Å². The van der Waals surface area contributed by atoms with E-state index >= 15 is 0 Å². The molecule has 8 nitrogen and oxygen atoms in total. The quantitative estimate of drug-likeness (QED) is 0.718. The van der Waals surface area contributed by atoms with Crippen molar-refractivity contribution in [1.82, 2.24) is 24.8 Å². The summed E-state index contributed by atoms with van der Waals surface area (Å²) in [6.07, 6.45) is 1.22. The fourth-order valence-corrected chi connectivity index (χ4v) is 2.95. The number of fused-ring (bicyclic) bond motifs is 1. The van der Waals surface area contributed by atoms with Crippen molar-refractivity contribution in [2.45, 2.75) is 16.8 Å². The highest BCUT2D eigenvalue weighted by molar-refractivity contribution is 7.91. The average Bonchev–Trinajstić information content (AvgIpc) is 2.88. The Labute approximate surface area is 114 Å². The molecular weight excluding hydrogens is 280 g/mol. The topological polar surface area (TPSA) is 116 Å². The molecule has 0 radical (unpaired) electrons. The molecule has 2 N–H and O–H groups in total. The summed E-state index contributed by atoms with van der Waals surface area (Å²) >= 11 is 0. The predicted octanol–water partition coefficient (Wildman–Crippen LogP) is 0.243. The van der Waals surface area contributed by atoms with Crippen LogP contribution in [0.25, 0.3) is 5.78 Å². The van der Waals surface area contributed by atoms with Gasteiger partial charge in [0, 0.05) is 0 Å². The fourth-order valence-electron chi connectivity index (χ4n) is 1.73. The minimum Gasteiger partial charge on any atom is -0.381 e. The first-order valence-corrected chi connectivity index (χ1v) is 7.12. The van der Waals surface area contributed by atoms with Crippen molar-refractivity contribution in [1.29, 1.82) is 0 Å². The van der Waals surface area contributed by atoms with E-state index in [9.17, 15) is 8.42 Å². The molecule has 0 bridgehead atoms. The number of nitrogen functional groups attached to an aromatic ring is 1. The van der Waals surface area contributed by atoms with Gasteiger partial charge in [0.25, 0.3) is 5.78 Å². The highest BCUT2D eigenvalue weighted by atomic mass is 32.2. The van der Waals surface area contributed by atoms with E-state index in [0.29, 0.717) is 0 Å². The number of sulfone groups is 1. The summed E-state index contributed by atoms with van der Waals surface area (Å²) in [4.78, 5) is 3.89. The summed E-state index contributed by atoms with van der Waals surface area (Å²) in [6.45, 7) is 1.87. The second-order valence-corrected chi connectivity index (χ2v) is 6.04. The molecule has 0 aliphatic heterocycles. The summed E-state index contributed by atoms with van der Waals surface area (Å²) in [6, 6.07) is 6.39. The third-order valence-corrected chi connectivity index (χ3v) is 4.49. The maximum Gasteiger partial charge on any atom is 0.273 e. The van der Waals surface area contributed by atoms with Crippen LogP contribution in [-0.2, 0) is 9.84 Å². The van der Waals surface area contributed by atoms with Crippen LogP contribution in [0.2, 0.25) is 0 Å². The number of nitrogens with zero attached hydrogens (tertiary/aromatic N) is 5. The van der Waals surface area contributed by atoms with Gasteiger partial charge in [0.05, 0.1) is 4.90 Å². The molecule has 0 aliphatic carbocycles. The lowest BCUT2D eigenvalue weighted by Crippen LogP contribution is -2.13. The minimum atomic E-state index is -3.84. The van der Waals surface area contributed by atoms with Gasteiger partial charge in [-0.3, -0.25) is 0 Å². The summed E-state index contributed by atoms with van der Waals surface area (Å²) < 4.78 is 26.1. The third kappa shape index (κ3) is 1.79. The number of hydrogen-bond donors (Lipinski definition) is 1. The van der Waals surface area contributed by atoms with Gasteiger partial charge in [0.2, 0.25) is 14.9 Å². The fraction of sp³-hybridized carbons (Fsp3) is 0.0909. The largest absolute Gasteiger partial charge is 0.381 e. The molecule has 0 unspecified atom stereocenters. The van der Waals surface area contributed by atoms with Crippen LogP contribution in [0.15, 0.2) is 40.5 Å². The Morgan fingerprint density at radius 2 is 1.85 bits per heavy atom. The molecule has 0 fully saturated rings. The number of nitrogens with two attached hydrogens (primary N) is 1. The van der Waals surface area contributed by atoms with Gasteiger partial charge in [-0.05, 0) is 19.1 Å². The summed E-state index contributed by atoms with van der Waals surface area (Å²) in [5.74, 6) is 0.0263. The van der Waals surface area contributed by atoms with Crippen LogP contribution in [-0.4, -0.2) is 33.2 Å². The van der Waals surface area contributed by atoms with E-state index in [0.717, 1.165) is 10.1 Å². The molecule has 1 aromatic carbocycles. The molecule has 3 rings (SSSR count). The van der Waals surface area contributed by atoms with E-state index in [2.05, 4.69) is 20.3 Å². The van der Waals surface area contributed by atoms with Crippen molar-refractivity contribution in [2.75, 3.05) is 5.73 Å². The highest BCUT2D eigenvalue weighted by Crippen LogP contribution is 2.23. The van der Waals surface area contributed by atoms with Gasteiger partial charge in [0.15, 0.2) is 5.82 Å². The lowest BCUT2D eigenvalue weighted by molar-refractivity contribution is 0.589. The molecule has 2 aromatic heterocycles. The molecular formula is C11H10N6O2S. The maximum atomic E-state index is 12.5. The first-order valence-electron chi connectivity index (χ1n) is 5.64. The van der Waals surface area contributed by atoms with Crippen LogP contribution < -0.4 is 5.73 Å². The normalized spacial score (nSPS) is 11.8. The summed E-state index contributed by atoms with van der Waals surface area (Å²) in [7, 11) is -3.84. The maximum absolute atomic E-state index is 12.5. The Bertz CT molecular complexity index is 885. The highest BCUT2D eigenvalue weighted by Gasteiger charge is 2.25. The van der Waals surface area contributed by atoms with E-state index < -0.39 is 9.84 Å². The van der Waals surface area contributed by atoms with Crippen LogP contribution >= 0.6 is 0 Å². The number of hydrogen-bond acceptors (Lipinski definition) is 7. The van der Waals surface area contributed by atoms with Gasteiger partial charge in [0.1, 0.15) is 6.33 Å². The van der Waals surface area contributed by atoms with E-state index in [4.69, 9.17) is 5.73 Å². The zero-order valence-corrected chi connectivity index (χ0v) is 11.2. The number of anilines is 1. The first kappa shape index (κ1) is 12.5. The smallest absolute Gasteiger partial charge is 0.273 e. The Morgan fingerprint density at radius 1 is 1.15 bits per heavy atom. The molecule has 0 amide bonds. The second kappa shape index (κ2) is 4.23. The molecule has 0 saturated heterocycles. The molecule has 0 spiro atoms. The van der Waals surface area contributed by atoms with Crippen molar-refractivity contribution < 1.29 is 8.42 Å². The van der Waals surface area contributed by atoms with E-state index in [1.165, 1.54) is 18.5 Å². The van der Waals surface area contributed by atoms with Gasteiger partial charge >= 0.3 is 0 Å². The number of rotatable bonds is 2. The number of aryl methyl sites for hydroxylation is 1. The zero-order chi connectivity index (χ0) is 14.3.